The van der Waals surface area contributed by atoms with Crippen LogP contribution in [0.4, 0.5) is 13.2 Å². The fourth-order valence-corrected chi connectivity index (χ4v) is 1.86. The summed E-state index contributed by atoms with van der Waals surface area (Å²) in [5.74, 6) is 0.0227. The first-order chi connectivity index (χ1) is 8.84. The van der Waals surface area contributed by atoms with E-state index in [-0.39, 0.29) is 11.4 Å². The van der Waals surface area contributed by atoms with Crippen LogP contribution < -0.4 is 0 Å². The number of aromatic nitrogens is 1. The van der Waals surface area contributed by atoms with E-state index in [1.807, 2.05) is 0 Å². The third kappa shape index (κ3) is 2.27. The average molecular weight is 266 g/mol. The standard InChI is InChI=1S/C13H9F3N2O/c1-18-11(8-2-4-9(19)5-3-8)6-10(12(18)7-17)13(14,15)16/h2-6,19H,1H3. The van der Waals surface area contributed by atoms with Crippen molar-refractivity contribution in [3.8, 4) is 23.1 Å². The predicted octanol–water partition coefficient (Wildman–Crippen LogP) is 3.29. The summed E-state index contributed by atoms with van der Waals surface area (Å²) < 4.78 is 39.6. The molecular formula is C13H9F3N2O. The molecule has 0 bridgehead atoms. The Morgan fingerprint density at radius 1 is 1.21 bits per heavy atom. The van der Waals surface area contributed by atoms with E-state index in [2.05, 4.69) is 0 Å². The Kier molecular flexibility index (Phi) is 2.98. The summed E-state index contributed by atoms with van der Waals surface area (Å²) in [6.07, 6.45) is -4.57. The summed E-state index contributed by atoms with van der Waals surface area (Å²) in [4.78, 5) is 0. The summed E-state index contributed by atoms with van der Waals surface area (Å²) in [6.45, 7) is 0. The summed E-state index contributed by atoms with van der Waals surface area (Å²) in [6, 6.07) is 8.24. The Labute approximate surface area is 107 Å². The zero-order valence-corrected chi connectivity index (χ0v) is 9.86. The summed E-state index contributed by atoms with van der Waals surface area (Å²) >= 11 is 0. The molecule has 1 N–H and O–H groups in total. The van der Waals surface area contributed by atoms with Gasteiger partial charge in [-0.3, -0.25) is 0 Å². The van der Waals surface area contributed by atoms with Crippen LogP contribution in [0.2, 0.25) is 0 Å². The van der Waals surface area contributed by atoms with E-state index >= 15 is 0 Å². The fourth-order valence-electron chi connectivity index (χ4n) is 1.86. The fraction of sp³-hybridized carbons (Fsp3) is 0.154. The molecule has 98 valence electrons. The van der Waals surface area contributed by atoms with E-state index in [0.29, 0.717) is 5.56 Å². The van der Waals surface area contributed by atoms with Gasteiger partial charge < -0.3 is 9.67 Å². The quantitative estimate of drug-likeness (QED) is 0.861. The second-order valence-electron chi connectivity index (χ2n) is 4.01. The van der Waals surface area contributed by atoms with E-state index < -0.39 is 17.4 Å². The van der Waals surface area contributed by atoms with Gasteiger partial charge in [0, 0.05) is 12.7 Å². The van der Waals surface area contributed by atoms with Gasteiger partial charge in [0.05, 0.1) is 5.56 Å². The SMILES string of the molecule is Cn1c(-c2ccc(O)cc2)cc(C(F)(F)F)c1C#N. The molecule has 19 heavy (non-hydrogen) atoms. The van der Waals surface area contributed by atoms with Crippen molar-refractivity contribution in [3.63, 3.8) is 0 Å². The van der Waals surface area contributed by atoms with Crippen LogP contribution in [0, 0.1) is 11.3 Å². The summed E-state index contributed by atoms with van der Waals surface area (Å²) in [5.41, 5.74) is -0.632. The lowest BCUT2D eigenvalue weighted by Gasteiger charge is -2.05. The Morgan fingerprint density at radius 2 is 1.79 bits per heavy atom. The molecule has 3 nitrogen and oxygen atoms in total. The highest BCUT2D eigenvalue weighted by molar-refractivity contribution is 5.65. The second kappa shape index (κ2) is 4.35. The molecule has 0 spiro atoms. The first-order valence-electron chi connectivity index (χ1n) is 5.31. The van der Waals surface area contributed by atoms with Crippen molar-refractivity contribution in [2.75, 3.05) is 0 Å². The molecule has 0 aliphatic rings. The number of alkyl halides is 3. The largest absolute Gasteiger partial charge is 0.508 e. The van der Waals surface area contributed by atoms with Crippen LogP contribution in [-0.4, -0.2) is 9.67 Å². The van der Waals surface area contributed by atoms with Crippen LogP contribution in [-0.2, 0) is 13.2 Å². The summed E-state index contributed by atoms with van der Waals surface area (Å²) in [7, 11) is 1.40. The maximum absolute atomic E-state index is 12.8. The minimum atomic E-state index is -4.57. The van der Waals surface area contributed by atoms with Crippen molar-refractivity contribution in [2.24, 2.45) is 7.05 Å². The van der Waals surface area contributed by atoms with Crippen LogP contribution in [0.25, 0.3) is 11.3 Å². The molecule has 2 rings (SSSR count). The molecule has 0 amide bonds. The molecule has 0 saturated carbocycles. The number of halogens is 3. The van der Waals surface area contributed by atoms with Gasteiger partial charge in [0.15, 0.2) is 0 Å². The number of phenols is 1. The van der Waals surface area contributed by atoms with Gasteiger partial charge in [-0.25, -0.2) is 0 Å². The smallest absolute Gasteiger partial charge is 0.419 e. The number of hydrogen-bond acceptors (Lipinski definition) is 2. The highest BCUT2D eigenvalue weighted by Crippen LogP contribution is 2.36. The zero-order valence-electron chi connectivity index (χ0n) is 9.86. The van der Waals surface area contributed by atoms with Gasteiger partial charge >= 0.3 is 6.18 Å². The van der Waals surface area contributed by atoms with Crippen molar-refractivity contribution < 1.29 is 18.3 Å². The number of rotatable bonds is 1. The number of phenolic OH excluding ortho intramolecular Hbond substituents is 1. The minimum absolute atomic E-state index is 0.0227. The van der Waals surface area contributed by atoms with Gasteiger partial charge in [0.2, 0.25) is 0 Å². The normalized spacial score (nSPS) is 11.3. The molecule has 0 unspecified atom stereocenters. The number of aromatic hydroxyl groups is 1. The van der Waals surface area contributed by atoms with E-state index in [1.165, 1.54) is 35.9 Å². The van der Waals surface area contributed by atoms with Crippen LogP contribution in [0.15, 0.2) is 30.3 Å². The van der Waals surface area contributed by atoms with Gasteiger partial charge in [-0.15, -0.1) is 0 Å². The van der Waals surface area contributed by atoms with Gasteiger partial charge in [-0.05, 0) is 35.9 Å². The van der Waals surface area contributed by atoms with Crippen molar-refractivity contribution >= 4 is 0 Å². The minimum Gasteiger partial charge on any atom is -0.508 e. The monoisotopic (exact) mass is 266 g/mol. The molecule has 1 heterocycles. The number of nitriles is 1. The topological polar surface area (TPSA) is 49.0 Å². The molecule has 1 aromatic carbocycles. The van der Waals surface area contributed by atoms with Crippen molar-refractivity contribution in [3.05, 3.63) is 41.6 Å². The van der Waals surface area contributed by atoms with Crippen LogP contribution >= 0.6 is 0 Å². The maximum Gasteiger partial charge on any atom is 0.419 e. The molecule has 0 radical (unpaired) electrons. The van der Waals surface area contributed by atoms with Gasteiger partial charge in [-0.2, -0.15) is 18.4 Å². The molecule has 1 aromatic heterocycles. The maximum atomic E-state index is 12.8. The molecule has 0 aliphatic carbocycles. The Hall–Kier alpha value is -2.42. The molecule has 2 aromatic rings. The number of nitrogens with zero attached hydrogens (tertiary/aromatic N) is 2. The highest BCUT2D eigenvalue weighted by atomic mass is 19.4. The number of benzene rings is 1. The van der Waals surface area contributed by atoms with Crippen molar-refractivity contribution in [1.29, 1.82) is 5.26 Å². The molecule has 0 aliphatic heterocycles. The lowest BCUT2D eigenvalue weighted by Crippen LogP contribution is -2.07. The Bertz CT molecular complexity index is 648. The van der Waals surface area contributed by atoms with E-state index in [1.54, 1.807) is 6.07 Å². The predicted molar refractivity (Wildman–Crippen MR) is 62.2 cm³/mol. The van der Waals surface area contributed by atoms with E-state index in [9.17, 15) is 13.2 Å². The molecule has 0 atom stereocenters. The van der Waals surface area contributed by atoms with Gasteiger partial charge in [0.25, 0.3) is 0 Å². The van der Waals surface area contributed by atoms with Crippen LogP contribution in [0.3, 0.4) is 0 Å². The summed E-state index contributed by atoms with van der Waals surface area (Å²) in [5, 5.41) is 18.0. The first kappa shape index (κ1) is 13.0. The molecule has 0 saturated heterocycles. The van der Waals surface area contributed by atoms with Crippen LogP contribution in [0.5, 0.6) is 5.75 Å². The van der Waals surface area contributed by atoms with Crippen molar-refractivity contribution in [1.82, 2.24) is 4.57 Å². The molecule has 0 fully saturated rings. The van der Waals surface area contributed by atoms with Crippen LogP contribution in [0.1, 0.15) is 11.3 Å². The van der Waals surface area contributed by atoms with Gasteiger partial charge in [-0.1, -0.05) is 0 Å². The molecule has 6 heteroatoms. The Balaban J connectivity index is 2.64. The second-order valence-corrected chi connectivity index (χ2v) is 4.01. The van der Waals surface area contributed by atoms with Crippen molar-refractivity contribution in [2.45, 2.75) is 6.18 Å². The van der Waals surface area contributed by atoms with E-state index in [0.717, 1.165) is 6.07 Å². The lowest BCUT2D eigenvalue weighted by atomic mass is 10.1. The first-order valence-corrected chi connectivity index (χ1v) is 5.31. The zero-order chi connectivity index (χ0) is 14.2. The number of hydrogen-bond donors (Lipinski definition) is 1. The highest BCUT2D eigenvalue weighted by Gasteiger charge is 2.36. The third-order valence-corrected chi connectivity index (χ3v) is 2.81. The lowest BCUT2D eigenvalue weighted by molar-refractivity contribution is -0.137. The average Bonchev–Trinajstić information content (AvgIpc) is 2.67. The molecular weight excluding hydrogens is 257 g/mol. The Morgan fingerprint density at radius 3 is 2.21 bits per heavy atom. The third-order valence-electron chi connectivity index (χ3n) is 2.81. The van der Waals surface area contributed by atoms with E-state index in [4.69, 9.17) is 10.4 Å². The van der Waals surface area contributed by atoms with Gasteiger partial charge in [0.1, 0.15) is 17.5 Å².